The summed E-state index contributed by atoms with van der Waals surface area (Å²) in [5.74, 6) is -0.961. The fourth-order valence-electron chi connectivity index (χ4n) is 2.96. The van der Waals surface area contributed by atoms with Gasteiger partial charge in [-0.3, -0.25) is 0 Å². The molecule has 0 spiro atoms. The lowest BCUT2D eigenvalue weighted by Gasteiger charge is -2.05. The van der Waals surface area contributed by atoms with E-state index in [-0.39, 0.29) is 5.69 Å². The van der Waals surface area contributed by atoms with Crippen LogP contribution in [-0.2, 0) is 9.47 Å². The van der Waals surface area contributed by atoms with E-state index in [1.165, 1.54) is 26.1 Å². The molecule has 0 atom stereocenters. The Bertz CT molecular complexity index is 1170. The number of carbonyl (C=O) groups excluding carboxylic acids is 2. The number of fused-ring (bicyclic) bond motifs is 2. The van der Waals surface area contributed by atoms with Gasteiger partial charge in [-0.15, -0.1) is 0 Å². The van der Waals surface area contributed by atoms with Gasteiger partial charge in [0.2, 0.25) is 0 Å². The predicted octanol–water partition coefficient (Wildman–Crippen LogP) is 3.15. The Hall–Kier alpha value is -3.94. The van der Waals surface area contributed by atoms with Gasteiger partial charge in [-0.25, -0.2) is 9.59 Å². The van der Waals surface area contributed by atoms with E-state index in [0.29, 0.717) is 11.2 Å². The number of rotatable bonds is 3. The van der Waals surface area contributed by atoms with E-state index in [0.717, 1.165) is 21.0 Å². The van der Waals surface area contributed by atoms with Gasteiger partial charge in [-0.1, -0.05) is 36.4 Å². The lowest BCUT2D eigenvalue weighted by molar-refractivity contribution is 0.0542. The highest BCUT2D eigenvalue weighted by atomic mass is 16.6. The summed E-state index contributed by atoms with van der Waals surface area (Å²) >= 11 is 0. The molecule has 8 nitrogen and oxygen atoms in total. The lowest BCUT2D eigenvalue weighted by atomic mass is 10.2. The molecule has 0 fully saturated rings. The molecule has 29 heavy (non-hydrogen) atoms. The molecule has 2 aromatic heterocycles. The van der Waals surface area contributed by atoms with Crippen LogP contribution in [0.2, 0.25) is 0 Å². The standard InChI is InChI=1S/C11H11NO3.C10H9NO3/c1-14-11(13)10-7-8-5-3-4-6-9(8)12(10)15-2;1-14-10(12)9-6-7-4-2-3-5-8(7)11(9)13/h3-7H,1-2H3;2-6,13H,1H3. The van der Waals surface area contributed by atoms with Crippen LogP contribution in [0.5, 0.6) is 0 Å². The molecule has 2 aromatic carbocycles. The van der Waals surface area contributed by atoms with Gasteiger partial charge in [0.1, 0.15) is 7.11 Å². The maximum absolute atomic E-state index is 11.4. The molecule has 0 amide bonds. The average molecular weight is 396 g/mol. The zero-order valence-electron chi connectivity index (χ0n) is 16.2. The van der Waals surface area contributed by atoms with Gasteiger partial charge in [0.15, 0.2) is 11.4 Å². The number of ether oxygens (including phenoxy) is 2. The second-order valence-corrected chi connectivity index (χ2v) is 5.95. The predicted molar refractivity (Wildman–Crippen MR) is 106 cm³/mol. The summed E-state index contributed by atoms with van der Waals surface area (Å²) in [4.78, 5) is 27.8. The highest BCUT2D eigenvalue weighted by Gasteiger charge is 2.16. The number of hydrogen-bond donors (Lipinski definition) is 1. The summed E-state index contributed by atoms with van der Waals surface area (Å²) in [5, 5.41) is 11.4. The molecule has 0 unspecified atom stereocenters. The van der Waals surface area contributed by atoms with E-state index in [9.17, 15) is 14.8 Å². The molecule has 0 saturated carbocycles. The topological polar surface area (TPSA) is 91.9 Å². The Balaban J connectivity index is 0.000000166. The first-order valence-corrected chi connectivity index (χ1v) is 8.63. The van der Waals surface area contributed by atoms with Gasteiger partial charge < -0.3 is 19.5 Å². The number of aromatic nitrogens is 2. The summed E-state index contributed by atoms with van der Waals surface area (Å²) in [6, 6.07) is 18.1. The van der Waals surface area contributed by atoms with E-state index in [1.807, 2.05) is 36.4 Å². The third-order valence-electron chi connectivity index (χ3n) is 4.32. The van der Waals surface area contributed by atoms with Crippen LogP contribution in [-0.4, -0.2) is 47.9 Å². The van der Waals surface area contributed by atoms with Crippen LogP contribution in [0, 0.1) is 0 Å². The first-order chi connectivity index (χ1) is 14.0. The van der Waals surface area contributed by atoms with Gasteiger partial charge in [0, 0.05) is 10.8 Å². The van der Waals surface area contributed by atoms with Gasteiger partial charge in [0.05, 0.1) is 25.3 Å². The molecule has 0 aliphatic heterocycles. The summed E-state index contributed by atoms with van der Waals surface area (Å²) in [6.45, 7) is 0. The largest absolute Gasteiger partial charge is 0.464 e. The molecule has 8 heteroatoms. The Kier molecular flexibility index (Phi) is 5.73. The Morgan fingerprint density at radius 2 is 1.24 bits per heavy atom. The number of hydrogen-bond acceptors (Lipinski definition) is 6. The number of nitrogens with zero attached hydrogens (tertiary/aromatic N) is 2. The molecular formula is C21H20N2O6. The molecule has 0 aliphatic rings. The van der Waals surface area contributed by atoms with Crippen molar-refractivity contribution in [1.29, 1.82) is 0 Å². The molecule has 4 rings (SSSR count). The second-order valence-electron chi connectivity index (χ2n) is 5.95. The van der Waals surface area contributed by atoms with Crippen molar-refractivity contribution in [2.45, 2.75) is 0 Å². The van der Waals surface area contributed by atoms with Gasteiger partial charge in [-0.05, 0) is 24.3 Å². The first-order valence-electron chi connectivity index (χ1n) is 8.63. The van der Waals surface area contributed by atoms with Crippen LogP contribution < -0.4 is 4.84 Å². The van der Waals surface area contributed by atoms with E-state index in [1.54, 1.807) is 24.3 Å². The normalized spacial score (nSPS) is 10.3. The maximum Gasteiger partial charge on any atom is 0.358 e. The van der Waals surface area contributed by atoms with Crippen LogP contribution in [0.1, 0.15) is 21.0 Å². The number of methoxy groups -OCH3 is 2. The van der Waals surface area contributed by atoms with Crippen molar-refractivity contribution in [1.82, 2.24) is 9.46 Å². The van der Waals surface area contributed by atoms with Crippen molar-refractivity contribution in [2.24, 2.45) is 0 Å². The van der Waals surface area contributed by atoms with Crippen molar-refractivity contribution in [3.63, 3.8) is 0 Å². The highest BCUT2D eigenvalue weighted by molar-refractivity contribution is 5.96. The van der Waals surface area contributed by atoms with Crippen molar-refractivity contribution in [3.8, 4) is 0 Å². The second kappa shape index (κ2) is 8.39. The number of carbonyl (C=O) groups is 2. The Morgan fingerprint density at radius 3 is 1.79 bits per heavy atom. The van der Waals surface area contributed by atoms with Crippen molar-refractivity contribution in [2.75, 3.05) is 21.3 Å². The van der Waals surface area contributed by atoms with Gasteiger partial charge in [0.25, 0.3) is 0 Å². The molecule has 0 bridgehead atoms. The van der Waals surface area contributed by atoms with Crippen LogP contribution in [0.25, 0.3) is 21.8 Å². The van der Waals surface area contributed by atoms with E-state index in [2.05, 4.69) is 9.47 Å². The molecule has 1 N–H and O–H groups in total. The van der Waals surface area contributed by atoms with E-state index >= 15 is 0 Å². The first kappa shape index (κ1) is 19.8. The molecule has 4 aromatic rings. The van der Waals surface area contributed by atoms with Crippen LogP contribution >= 0.6 is 0 Å². The van der Waals surface area contributed by atoms with Gasteiger partial charge in [-0.2, -0.15) is 9.46 Å². The molecule has 0 saturated heterocycles. The fraction of sp³-hybridized carbons (Fsp3) is 0.143. The minimum absolute atomic E-state index is 0.133. The van der Waals surface area contributed by atoms with E-state index < -0.39 is 11.9 Å². The smallest absolute Gasteiger partial charge is 0.358 e. The van der Waals surface area contributed by atoms with Crippen LogP contribution in [0.3, 0.4) is 0 Å². The third-order valence-corrected chi connectivity index (χ3v) is 4.32. The highest BCUT2D eigenvalue weighted by Crippen LogP contribution is 2.19. The van der Waals surface area contributed by atoms with E-state index in [4.69, 9.17) is 4.84 Å². The molecule has 0 aliphatic carbocycles. The Morgan fingerprint density at radius 1 is 0.759 bits per heavy atom. The molecular weight excluding hydrogens is 376 g/mol. The molecule has 150 valence electrons. The van der Waals surface area contributed by atoms with Crippen LogP contribution in [0.4, 0.5) is 0 Å². The average Bonchev–Trinajstić information content (AvgIpc) is 3.31. The fourth-order valence-corrected chi connectivity index (χ4v) is 2.96. The monoisotopic (exact) mass is 396 g/mol. The van der Waals surface area contributed by atoms with Crippen molar-refractivity contribution < 1.29 is 29.1 Å². The quantitative estimate of drug-likeness (QED) is 0.423. The molecule has 2 heterocycles. The SMILES string of the molecule is COC(=O)c1cc2ccccc2n1O.COC(=O)c1cc2ccccc2n1OC. The van der Waals surface area contributed by atoms with Gasteiger partial charge >= 0.3 is 11.9 Å². The summed E-state index contributed by atoms with van der Waals surface area (Å²) in [7, 11) is 4.14. The summed E-state index contributed by atoms with van der Waals surface area (Å²) < 4.78 is 11.5. The van der Waals surface area contributed by atoms with Crippen molar-refractivity contribution >= 4 is 33.7 Å². The third kappa shape index (κ3) is 3.73. The molecule has 0 radical (unpaired) electrons. The number of esters is 2. The lowest BCUT2D eigenvalue weighted by Crippen LogP contribution is -2.14. The summed E-state index contributed by atoms with van der Waals surface area (Å²) in [5.41, 5.74) is 1.96. The van der Waals surface area contributed by atoms with Crippen LogP contribution in [0.15, 0.2) is 60.7 Å². The maximum atomic E-state index is 11.4. The van der Waals surface area contributed by atoms with Crippen molar-refractivity contribution in [3.05, 3.63) is 72.1 Å². The zero-order chi connectivity index (χ0) is 21.0. The number of benzene rings is 2. The summed E-state index contributed by atoms with van der Waals surface area (Å²) in [6.07, 6.45) is 0. The minimum atomic E-state index is -0.552. The minimum Gasteiger partial charge on any atom is -0.464 e. The number of para-hydroxylation sites is 2. The zero-order valence-corrected chi connectivity index (χ0v) is 16.2. The Labute approximate surface area is 166 Å².